The van der Waals surface area contributed by atoms with Crippen LogP contribution in [0.5, 0.6) is 5.75 Å². The third-order valence-corrected chi connectivity index (χ3v) is 5.81. The van der Waals surface area contributed by atoms with E-state index in [2.05, 4.69) is 44.8 Å². The fourth-order valence-corrected chi connectivity index (χ4v) is 4.21. The zero-order valence-electron chi connectivity index (χ0n) is 17.8. The van der Waals surface area contributed by atoms with Crippen molar-refractivity contribution < 1.29 is 14.6 Å². The highest BCUT2D eigenvalue weighted by molar-refractivity contribution is 5.92. The van der Waals surface area contributed by atoms with Crippen molar-refractivity contribution in [3.8, 4) is 5.75 Å². The van der Waals surface area contributed by atoms with E-state index in [1.54, 1.807) is 13.3 Å². The summed E-state index contributed by atoms with van der Waals surface area (Å²) in [5, 5.41) is 22.2. The van der Waals surface area contributed by atoms with Gasteiger partial charge in [0.25, 0.3) is 5.91 Å². The second kappa shape index (κ2) is 9.89. The minimum Gasteiger partial charge on any atom is -0.496 e. The van der Waals surface area contributed by atoms with Crippen LogP contribution in [0.4, 0.5) is 0 Å². The maximum atomic E-state index is 12.2. The highest BCUT2D eigenvalue weighted by atomic mass is 16.5. The topological polar surface area (TPSA) is 92.5 Å². The number of carbonyl (C=O) groups is 1. The fourth-order valence-electron chi connectivity index (χ4n) is 4.21. The molecule has 0 radical (unpaired) electrons. The van der Waals surface area contributed by atoms with Crippen molar-refractivity contribution in [2.75, 3.05) is 33.4 Å². The van der Waals surface area contributed by atoms with E-state index < -0.39 is 0 Å². The summed E-state index contributed by atoms with van der Waals surface area (Å²) in [5.74, 6) is 0.639. The molecule has 31 heavy (non-hydrogen) atoms. The van der Waals surface area contributed by atoms with E-state index in [4.69, 9.17) is 9.84 Å². The van der Waals surface area contributed by atoms with Gasteiger partial charge in [0.05, 0.1) is 19.3 Å². The van der Waals surface area contributed by atoms with Gasteiger partial charge < -0.3 is 15.2 Å². The van der Waals surface area contributed by atoms with E-state index in [0.717, 1.165) is 43.6 Å². The maximum absolute atomic E-state index is 12.2. The molecule has 2 N–H and O–H groups in total. The van der Waals surface area contributed by atoms with E-state index in [-0.39, 0.29) is 18.6 Å². The Morgan fingerprint density at radius 1 is 1.26 bits per heavy atom. The van der Waals surface area contributed by atoms with Crippen molar-refractivity contribution in [1.29, 1.82) is 0 Å². The Balaban J connectivity index is 1.44. The third kappa shape index (κ3) is 4.86. The Kier molecular flexibility index (Phi) is 6.79. The molecule has 8 heteroatoms. The van der Waals surface area contributed by atoms with E-state index in [1.165, 1.54) is 10.9 Å². The molecule has 1 aliphatic rings. The van der Waals surface area contributed by atoms with Crippen molar-refractivity contribution in [3.05, 3.63) is 53.9 Å². The predicted octanol–water partition coefficient (Wildman–Crippen LogP) is 2.39. The van der Waals surface area contributed by atoms with Crippen LogP contribution in [0.25, 0.3) is 10.8 Å². The van der Waals surface area contributed by atoms with Crippen LogP contribution < -0.4 is 10.1 Å². The number of ether oxygens (including phenoxy) is 1. The number of hydrogen-bond acceptors (Lipinski definition) is 6. The number of aliphatic hydroxyl groups is 1. The molecule has 0 unspecified atom stereocenters. The molecule has 0 saturated carbocycles. The molecule has 0 bridgehead atoms. The molecular formula is C23H29N5O3. The number of rotatable bonds is 8. The second-order valence-electron chi connectivity index (χ2n) is 7.92. The lowest BCUT2D eigenvalue weighted by Gasteiger charge is -2.32. The van der Waals surface area contributed by atoms with Crippen molar-refractivity contribution in [2.24, 2.45) is 0 Å². The molecular weight excluding hydrogens is 394 g/mol. The van der Waals surface area contributed by atoms with Gasteiger partial charge in [0, 0.05) is 31.6 Å². The number of methoxy groups -OCH3 is 1. The number of likely N-dealkylation sites (tertiary alicyclic amines) is 1. The molecule has 0 spiro atoms. The number of nitrogens with zero attached hydrogens (tertiary/aromatic N) is 4. The van der Waals surface area contributed by atoms with Gasteiger partial charge in [-0.05, 0) is 42.8 Å². The highest BCUT2D eigenvalue weighted by Crippen LogP contribution is 2.30. The molecule has 2 aromatic carbocycles. The summed E-state index contributed by atoms with van der Waals surface area (Å²) in [5.41, 5.74) is 1.59. The lowest BCUT2D eigenvalue weighted by Crippen LogP contribution is -2.36. The standard InChI is InChI=1S/C23H29N5O3/c1-31-22-10-9-17(19-7-2-3-8-20(19)22)14-27-12-4-6-18(15-27)28-16-21(25-26-28)23(30)24-11-5-13-29/h2-3,7-10,16,18,29H,4-6,11-15H2,1H3,(H,24,30)/t18-/m0/s1. The van der Waals surface area contributed by atoms with Gasteiger partial charge in [-0.25, -0.2) is 4.68 Å². The quantitative estimate of drug-likeness (QED) is 0.541. The molecule has 2 heterocycles. The Labute approximate surface area is 181 Å². The lowest BCUT2D eigenvalue weighted by molar-refractivity contribution is 0.0946. The molecule has 8 nitrogen and oxygen atoms in total. The van der Waals surface area contributed by atoms with Gasteiger partial charge in [-0.15, -0.1) is 5.10 Å². The Hall–Kier alpha value is -2.97. The lowest BCUT2D eigenvalue weighted by atomic mass is 10.0. The van der Waals surface area contributed by atoms with E-state index in [9.17, 15) is 4.79 Å². The summed E-state index contributed by atoms with van der Waals surface area (Å²) < 4.78 is 7.34. The van der Waals surface area contributed by atoms with Crippen LogP contribution in [0.1, 0.15) is 41.4 Å². The SMILES string of the molecule is COc1ccc(CN2CCC[C@H](n3cc(C(=O)NCCCO)nn3)C2)c2ccccc12. The van der Waals surface area contributed by atoms with Gasteiger partial charge in [0.1, 0.15) is 5.75 Å². The molecule has 1 atom stereocenters. The minimum atomic E-state index is -0.253. The second-order valence-corrected chi connectivity index (χ2v) is 7.92. The molecule has 3 aromatic rings. The number of nitrogens with one attached hydrogen (secondary N) is 1. The average molecular weight is 424 g/mol. The largest absolute Gasteiger partial charge is 0.496 e. The van der Waals surface area contributed by atoms with Crippen LogP contribution in [0.3, 0.4) is 0 Å². The highest BCUT2D eigenvalue weighted by Gasteiger charge is 2.24. The fraction of sp³-hybridized carbons (Fsp3) is 0.435. The number of hydrogen-bond donors (Lipinski definition) is 2. The molecule has 1 aliphatic heterocycles. The van der Waals surface area contributed by atoms with Gasteiger partial charge in [0.2, 0.25) is 0 Å². The first-order chi connectivity index (χ1) is 15.2. The summed E-state index contributed by atoms with van der Waals surface area (Å²) in [4.78, 5) is 14.6. The van der Waals surface area contributed by atoms with Crippen LogP contribution in [-0.4, -0.2) is 64.3 Å². The zero-order valence-corrected chi connectivity index (χ0v) is 17.8. The number of fused-ring (bicyclic) bond motifs is 1. The first-order valence-corrected chi connectivity index (χ1v) is 10.8. The van der Waals surface area contributed by atoms with Gasteiger partial charge in [-0.1, -0.05) is 35.5 Å². The number of aromatic nitrogens is 3. The van der Waals surface area contributed by atoms with Crippen LogP contribution in [0.2, 0.25) is 0 Å². The molecule has 1 amide bonds. The first-order valence-electron chi connectivity index (χ1n) is 10.8. The first kappa shape index (κ1) is 21.3. The molecule has 1 aromatic heterocycles. The number of carbonyl (C=O) groups excluding carboxylic acids is 1. The minimum absolute atomic E-state index is 0.0500. The molecule has 1 fully saturated rings. The number of benzene rings is 2. The summed E-state index contributed by atoms with van der Waals surface area (Å²) >= 11 is 0. The maximum Gasteiger partial charge on any atom is 0.273 e. The van der Waals surface area contributed by atoms with Crippen LogP contribution in [0, 0.1) is 0 Å². The summed E-state index contributed by atoms with van der Waals surface area (Å²) in [6, 6.07) is 12.7. The summed E-state index contributed by atoms with van der Waals surface area (Å²) in [7, 11) is 1.70. The Morgan fingerprint density at radius 3 is 2.90 bits per heavy atom. The van der Waals surface area contributed by atoms with Crippen molar-refractivity contribution in [2.45, 2.75) is 31.8 Å². The number of piperidine rings is 1. The van der Waals surface area contributed by atoms with Crippen LogP contribution in [-0.2, 0) is 6.54 Å². The van der Waals surface area contributed by atoms with E-state index in [0.29, 0.717) is 18.7 Å². The van der Waals surface area contributed by atoms with Gasteiger partial charge in [0.15, 0.2) is 5.69 Å². The molecule has 4 rings (SSSR count). The van der Waals surface area contributed by atoms with Crippen LogP contribution in [0.15, 0.2) is 42.6 Å². The van der Waals surface area contributed by atoms with Gasteiger partial charge >= 0.3 is 0 Å². The summed E-state index contributed by atoms with van der Waals surface area (Å²) in [6.07, 6.45) is 4.33. The summed E-state index contributed by atoms with van der Waals surface area (Å²) in [6.45, 7) is 3.21. The Bertz CT molecular complexity index is 1030. The van der Waals surface area contributed by atoms with Crippen LogP contribution >= 0.6 is 0 Å². The van der Waals surface area contributed by atoms with E-state index in [1.807, 2.05) is 16.8 Å². The van der Waals surface area contributed by atoms with Crippen molar-refractivity contribution in [1.82, 2.24) is 25.2 Å². The molecule has 0 aliphatic carbocycles. The van der Waals surface area contributed by atoms with Gasteiger partial charge in [-0.2, -0.15) is 0 Å². The van der Waals surface area contributed by atoms with E-state index >= 15 is 0 Å². The van der Waals surface area contributed by atoms with Crippen molar-refractivity contribution >= 4 is 16.7 Å². The molecule has 1 saturated heterocycles. The van der Waals surface area contributed by atoms with Crippen molar-refractivity contribution in [3.63, 3.8) is 0 Å². The predicted molar refractivity (Wildman–Crippen MR) is 118 cm³/mol. The Morgan fingerprint density at radius 2 is 2.10 bits per heavy atom. The normalized spacial score (nSPS) is 17.0. The smallest absolute Gasteiger partial charge is 0.273 e. The number of aliphatic hydroxyl groups excluding tert-OH is 1. The average Bonchev–Trinajstić information content (AvgIpc) is 3.30. The van der Waals surface area contributed by atoms with Gasteiger partial charge in [-0.3, -0.25) is 9.69 Å². The number of amides is 1. The third-order valence-electron chi connectivity index (χ3n) is 5.81. The monoisotopic (exact) mass is 423 g/mol. The zero-order chi connectivity index (χ0) is 21.6. The molecule has 164 valence electrons.